The van der Waals surface area contributed by atoms with E-state index >= 15 is 0 Å². The molecule has 0 saturated carbocycles. The Hall–Kier alpha value is -3.45. The van der Waals surface area contributed by atoms with Crippen molar-refractivity contribution in [2.45, 2.75) is 43.6 Å². The third-order valence-corrected chi connectivity index (χ3v) is 7.01. The van der Waals surface area contributed by atoms with Gasteiger partial charge in [0, 0.05) is 29.7 Å². The summed E-state index contributed by atoms with van der Waals surface area (Å²) < 4.78 is 2.03. The van der Waals surface area contributed by atoms with Crippen molar-refractivity contribution in [3.05, 3.63) is 84.2 Å². The number of thioether (sulfide) groups is 1. The highest BCUT2D eigenvalue weighted by Crippen LogP contribution is 2.36. The molecule has 166 valence electrons. The SMILES string of the molecule is Cc1ccccc1-n1c(S[C@@H](C)C(=O)N2c3ccccc3C[C@H]2C)nnc1-c1cccnc1. The van der Waals surface area contributed by atoms with E-state index in [0.717, 1.165) is 28.9 Å². The van der Waals surface area contributed by atoms with Gasteiger partial charge in [0.1, 0.15) is 0 Å². The van der Waals surface area contributed by atoms with Crippen LogP contribution in [0.3, 0.4) is 0 Å². The second-order valence-corrected chi connectivity index (χ2v) is 9.63. The number of benzene rings is 2. The van der Waals surface area contributed by atoms with Gasteiger partial charge in [0.25, 0.3) is 0 Å². The van der Waals surface area contributed by atoms with Gasteiger partial charge in [0.15, 0.2) is 11.0 Å². The Labute approximate surface area is 197 Å². The first-order valence-electron chi connectivity index (χ1n) is 11.0. The number of pyridine rings is 1. The van der Waals surface area contributed by atoms with Crippen LogP contribution in [0.4, 0.5) is 5.69 Å². The standard InChI is InChI=1S/C26H25N5OS/c1-17-9-4-6-12-22(17)31-24(21-11-8-14-27-16-21)28-29-26(31)33-19(3)25(32)30-18(2)15-20-10-5-7-13-23(20)30/h4-14,16,18-19H,15H2,1-3H3/t18-,19+/m1/s1. The molecule has 0 spiro atoms. The second-order valence-electron chi connectivity index (χ2n) is 8.32. The van der Waals surface area contributed by atoms with Crippen LogP contribution in [0.5, 0.6) is 0 Å². The zero-order valence-electron chi connectivity index (χ0n) is 18.8. The number of aromatic nitrogens is 4. The summed E-state index contributed by atoms with van der Waals surface area (Å²) in [6, 6.07) is 20.3. The molecule has 4 aromatic rings. The highest BCUT2D eigenvalue weighted by atomic mass is 32.2. The molecule has 0 radical (unpaired) electrons. The minimum absolute atomic E-state index is 0.0831. The van der Waals surface area contributed by atoms with E-state index in [4.69, 9.17) is 0 Å². The van der Waals surface area contributed by atoms with Crippen LogP contribution in [-0.2, 0) is 11.2 Å². The Kier molecular flexibility index (Phi) is 5.72. The second kappa shape index (κ2) is 8.83. The lowest BCUT2D eigenvalue weighted by atomic mass is 10.1. The molecule has 7 heteroatoms. The van der Waals surface area contributed by atoms with Gasteiger partial charge in [-0.2, -0.15) is 0 Å². The summed E-state index contributed by atoms with van der Waals surface area (Å²) in [6.45, 7) is 6.11. The predicted octanol–water partition coefficient (Wildman–Crippen LogP) is 5.10. The summed E-state index contributed by atoms with van der Waals surface area (Å²) in [5.41, 5.74) is 5.20. The van der Waals surface area contributed by atoms with E-state index in [1.165, 1.54) is 17.3 Å². The fourth-order valence-electron chi connectivity index (χ4n) is 4.37. The Balaban J connectivity index is 1.51. The molecule has 6 nitrogen and oxygen atoms in total. The van der Waals surface area contributed by atoms with E-state index in [1.807, 2.05) is 64.9 Å². The van der Waals surface area contributed by atoms with Crippen molar-refractivity contribution in [1.29, 1.82) is 0 Å². The van der Waals surface area contributed by atoms with Gasteiger partial charge in [0.05, 0.1) is 10.9 Å². The van der Waals surface area contributed by atoms with Gasteiger partial charge in [-0.3, -0.25) is 14.3 Å². The first kappa shape index (κ1) is 21.4. The minimum atomic E-state index is -0.327. The van der Waals surface area contributed by atoms with Gasteiger partial charge in [-0.05, 0) is 62.6 Å². The maximum atomic E-state index is 13.6. The monoisotopic (exact) mass is 455 g/mol. The average molecular weight is 456 g/mol. The number of hydrogen-bond acceptors (Lipinski definition) is 5. The normalized spacial score (nSPS) is 16.0. The van der Waals surface area contributed by atoms with Crippen LogP contribution in [0.15, 0.2) is 78.2 Å². The lowest BCUT2D eigenvalue weighted by Gasteiger charge is -2.25. The molecule has 2 aromatic carbocycles. The van der Waals surface area contributed by atoms with Crippen LogP contribution in [0.25, 0.3) is 17.1 Å². The fraction of sp³-hybridized carbons (Fsp3) is 0.231. The molecule has 1 aliphatic heterocycles. The molecular formula is C26H25N5OS. The molecule has 0 unspecified atom stereocenters. The number of anilines is 1. The zero-order chi connectivity index (χ0) is 22.9. The molecule has 0 bridgehead atoms. The number of hydrogen-bond donors (Lipinski definition) is 0. The molecule has 0 fully saturated rings. The molecule has 33 heavy (non-hydrogen) atoms. The maximum absolute atomic E-state index is 13.6. The Morgan fingerprint density at radius 1 is 1.03 bits per heavy atom. The quantitative estimate of drug-likeness (QED) is 0.392. The fourth-order valence-corrected chi connectivity index (χ4v) is 5.27. The number of para-hydroxylation sites is 2. The Morgan fingerprint density at radius 3 is 2.55 bits per heavy atom. The minimum Gasteiger partial charge on any atom is -0.308 e. The topological polar surface area (TPSA) is 63.9 Å². The first-order chi connectivity index (χ1) is 16.0. The van der Waals surface area contributed by atoms with Crippen molar-refractivity contribution in [3.63, 3.8) is 0 Å². The Morgan fingerprint density at radius 2 is 1.79 bits per heavy atom. The van der Waals surface area contributed by atoms with Gasteiger partial charge < -0.3 is 4.90 Å². The van der Waals surface area contributed by atoms with Crippen LogP contribution in [0, 0.1) is 6.92 Å². The predicted molar refractivity (Wildman–Crippen MR) is 132 cm³/mol. The molecule has 1 aliphatic rings. The number of nitrogens with zero attached hydrogens (tertiary/aromatic N) is 5. The van der Waals surface area contributed by atoms with Gasteiger partial charge >= 0.3 is 0 Å². The summed E-state index contributed by atoms with van der Waals surface area (Å²) in [5, 5.41) is 9.35. The van der Waals surface area contributed by atoms with Crippen molar-refractivity contribution in [2.24, 2.45) is 0 Å². The molecule has 2 atom stereocenters. The first-order valence-corrected chi connectivity index (χ1v) is 11.9. The van der Waals surface area contributed by atoms with E-state index in [-0.39, 0.29) is 17.2 Å². The van der Waals surface area contributed by atoms with Gasteiger partial charge in [0.2, 0.25) is 5.91 Å². The largest absolute Gasteiger partial charge is 0.308 e. The zero-order valence-corrected chi connectivity index (χ0v) is 19.7. The number of aryl methyl sites for hydroxylation is 1. The molecule has 0 N–H and O–H groups in total. The van der Waals surface area contributed by atoms with E-state index < -0.39 is 0 Å². The van der Waals surface area contributed by atoms with Crippen molar-refractivity contribution in [3.8, 4) is 17.1 Å². The molecule has 0 aliphatic carbocycles. The Bertz CT molecular complexity index is 1300. The average Bonchev–Trinajstić information content (AvgIpc) is 3.39. The van der Waals surface area contributed by atoms with Gasteiger partial charge in [-0.1, -0.05) is 48.2 Å². The highest BCUT2D eigenvalue weighted by Gasteiger charge is 2.34. The highest BCUT2D eigenvalue weighted by molar-refractivity contribution is 8.00. The van der Waals surface area contributed by atoms with Gasteiger partial charge in [-0.25, -0.2) is 0 Å². The number of carbonyl (C=O) groups excluding carboxylic acids is 1. The molecule has 1 amide bonds. The molecule has 3 heterocycles. The number of carbonyl (C=O) groups is 1. The van der Waals surface area contributed by atoms with E-state index in [2.05, 4.69) is 41.2 Å². The van der Waals surface area contributed by atoms with E-state index in [9.17, 15) is 4.79 Å². The molecule has 0 saturated heterocycles. The summed E-state index contributed by atoms with van der Waals surface area (Å²) in [5.74, 6) is 0.791. The van der Waals surface area contributed by atoms with Crippen LogP contribution >= 0.6 is 11.8 Å². The lowest BCUT2D eigenvalue weighted by Crippen LogP contribution is -2.40. The smallest absolute Gasteiger partial charge is 0.240 e. The summed E-state index contributed by atoms with van der Waals surface area (Å²) >= 11 is 1.44. The van der Waals surface area contributed by atoms with Crippen molar-refractivity contribution >= 4 is 23.4 Å². The van der Waals surface area contributed by atoms with Crippen LogP contribution in [0.1, 0.15) is 25.0 Å². The van der Waals surface area contributed by atoms with Crippen molar-refractivity contribution < 1.29 is 4.79 Å². The van der Waals surface area contributed by atoms with Crippen LogP contribution in [-0.4, -0.2) is 36.9 Å². The van der Waals surface area contributed by atoms with Gasteiger partial charge in [-0.15, -0.1) is 10.2 Å². The van der Waals surface area contributed by atoms with Crippen molar-refractivity contribution in [2.75, 3.05) is 4.90 Å². The third-order valence-electron chi connectivity index (χ3n) is 5.98. The number of amides is 1. The number of fused-ring (bicyclic) bond motifs is 1. The molecule has 2 aromatic heterocycles. The third kappa shape index (κ3) is 3.93. The molecule has 5 rings (SSSR count). The molecular weight excluding hydrogens is 430 g/mol. The van der Waals surface area contributed by atoms with Crippen molar-refractivity contribution in [1.82, 2.24) is 19.7 Å². The lowest BCUT2D eigenvalue weighted by molar-refractivity contribution is -0.118. The van der Waals surface area contributed by atoms with E-state index in [0.29, 0.717) is 11.0 Å². The van der Waals surface area contributed by atoms with Crippen LogP contribution in [0.2, 0.25) is 0 Å². The van der Waals surface area contributed by atoms with E-state index in [1.54, 1.807) is 12.4 Å². The summed E-state index contributed by atoms with van der Waals surface area (Å²) in [6.07, 6.45) is 4.40. The summed E-state index contributed by atoms with van der Waals surface area (Å²) in [7, 11) is 0. The maximum Gasteiger partial charge on any atom is 0.240 e. The number of rotatable bonds is 5. The summed E-state index contributed by atoms with van der Waals surface area (Å²) in [4.78, 5) is 19.7. The van der Waals surface area contributed by atoms with Crippen LogP contribution < -0.4 is 4.90 Å².